The molecule has 0 aliphatic heterocycles. The highest BCUT2D eigenvalue weighted by atomic mass is 16.5. The van der Waals surface area contributed by atoms with E-state index in [-0.39, 0.29) is 6.10 Å². The lowest BCUT2D eigenvalue weighted by Gasteiger charge is -2.09. The van der Waals surface area contributed by atoms with Crippen LogP contribution >= 0.6 is 0 Å². The zero-order valence-electron chi connectivity index (χ0n) is 8.32. The largest absolute Gasteiger partial charge is 0.481 e. The Kier molecular flexibility index (Phi) is 2.64. The molecule has 0 spiro atoms. The molecule has 0 bridgehead atoms. The first kappa shape index (κ1) is 10.8. The molecule has 1 aliphatic carbocycles. The van der Waals surface area contributed by atoms with Crippen LogP contribution in [-0.4, -0.2) is 23.1 Å². The first-order chi connectivity index (χ1) is 6.44. The fourth-order valence-electron chi connectivity index (χ4n) is 1.44. The molecule has 78 valence electrons. The van der Waals surface area contributed by atoms with Crippen molar-refractivity contribution in [1.29, 1.82) is 0 Å². The minimum atomic E-state index is -1.08. The molecule has 14 heavy (non-hydrogen) atoms. The summed E-state index contributed by atoms with van der Waals surface area (Å²) in [5.74, 6) is -2.00. The molecule has 0 aromatic heterocycles. The molecule has 0 radical (unpaired) electrons. The van der Waals surface area contributed by atoms with Crippen LogP contribution in [0, 0.1) is 11.3 Å². The highest BCUT2D eigenvalue weighted by molar-refractivity contribution is 5.91. The van der Waals surface area contributed by atoms with Gasteiger partial charge in [0.05, 0.1) is 17.4 Å². The molecule has 1 aliphatic rings. The van der Waals surface area contributed by atoms with E-state index in [2.05, 4.69) is 6.58 Å². The standard InChI is InChI=1S/C10H14O4/c1-4-10(9(12)13)5-7(10)8(11)14-6(2)3/h4,6-7H,1,5H2,2-3H3,(H,12,13). The molecule has 0 aromatic rings. The van der Waals surface area contributed by atoms with Crippen molar-refractivity contribution >= 4 is 11.9 Å². The van der Waals surface area contributed by atoms with Gasteiger partial charge in [0.15, 0.2) is 0 Å². The van der Waals surface area contributed by atoms with E-state index in [1.165, 1.54) is 6.08 Å². The third-order valence-electron chi connectivity index (χ3n) is 2.40. The maximum atomic E-state index is 11.4. The molecule has 1 rings (SSSR count). The minimum absolute atomic E-state index is 0.209. The SMILES string of the molecule is C=CC1(C(=O)O)CC1C(=O)OC(C)C. The van der Waals surface area contributed by atoms with Gasteiger partial charge < -0.3 is 9.84 Å². The van der Waals surface area contributed by atoms with Crippen molar-refractivity contribution in [3.8, 4) is 0 Å². The molecule has 4 heteroatoms. The number of carbonyl (C=O) groups excluding carboxylic acids is 1. The van der Waals surface area contributed by atoms with Crippen molar-refractivity contribution in [2.45, 2.75) is 26.4 Å². The Hall–Kier alpha value is -1.32. The molecular formula is C10H14O4. The summed E-state index contributed by atoms with van der Waals surface area (Å²) >= 11 is 0. The Morgan fingerprint density at radius 3 is 2.50 bits per heavy atom. The second kappa shape index (κ2) is 3.44. The maximum Gasteiger partial charge on any atom is 0.314 e. The van der Waals surface area contributed by atoms with E-state index >= 15 is 0 Å². The van der Waals surface area contributed by atoms with Crippen LogP contribution in [0.1, 0.15) is 20.3 Å². The van der Waals surface area contributed by atoms with Crippen LogP contribution in [0.5, 0.6) is 0 Å². The van der Waals surface area contributed by atoms with Crippen LogP contribution in [-0.2, 0) is 14.3 Å². The average molecular weight is 198 g/mol. The fraction of sp³-hybridized carbons (Fsp3) is 0.600. The monoisotopic (exact) mass is 198 g/mol. The summed E-state index contributed by atoms with van der Waals surface area (Å²) in [5.41, 5.74) is -1.08. The van der Waals surface area contributed by atoms with Crippen molar-refractivity contribution < 1.29 is 19.4 Å². The predicted octanol–water partition coefficient (Wildman–Crippen LogP) is 1.21. The van der Waals surface area contributed by atoms with Crippen molar-refractivity contribution in [2.24, 2.45) is 11.3 Å². The van der Waals surface area contributed by atoms with E-state index in [0.717, 1.165) is 0 Å². The summed E-state index contributed by atoms with van der Waals surface area (Å²) in [7, 11) is 0. The maximum absolute atomic E-state index is 11.4. The van der Waals surface area contributed by atoms with Crippen LogP contribution in [0.15, 0.2) is 12.7 Å². The highest BCUT2D eigenvalue weighted by Crippen LogP contribution is 2.54. The highest BCUT2D eigenvalue weighted by Gasteiger charge is 2.63. The Labute approximate surface area is 82.6 Å². The van der Waals surface area contributed by atoms with Crippen molar-refractivity contribution in [3.05, 3.63) is 12.7 Å². The molecule has 1 fully saturated rings. The molecule has 0 heterocycles. The first-order valence-electron chi connectivity index (χ1n) is 4.51. The van der Waals surface area contributed by atoms with E-state index in [4.69, 9.17) is 9.84 Å². The smallest absolute Gasteiger partial charge is 0.314 e. The second-order valence-electron chi connectivity index (χ2n) is 3.79. The molecule has 1 saturated carbocycles. The van der Waals surface area contributed by atoms with E-state index in [9.17, 15) is 9.59 Å². The van der Waals surface area contributed by atoms with Gasteiger partial charge in [0.25, 0.3) is 0 Å². The van der Waals surface area contributed by atoms with Gasteiger partial charge in [-0.05, 0) is 20.3 Å². The normalized spacial score (nSPS) is 29.8. The van der Waals surface area contributed by atoms with Crippen molar-refractivity contribution in [2.75, 3.05) is 0 Å². The van der Waals surface area contributed by atoms with Gasteiger partial charge in [-0.2, -0.15) is 0 Å². The van der Waals surface area contributed by atoms with Crippen LogP contribution in [0.4, 0.5) is 0 Å². The van der Waals surface area contributed by atoms with Crippen LogP contribution in [0.2, 0.25) is 0 Å². The molecular weight excluding hydrogens is 184 g/mol. The lowest BCUT2D eigenvalue weighted by atomic mass is 10.1. The quantitative estimate of drug-likeness (QED) is 0.544. The zero-order valence-corrected chi connectivity index (χ0v) is 8.32. The summed E-state index contributed by atoms with van der Waals surface area (Å²) in [6, 6.07) is 0. The third kappa shape index (κ3) is 1.64. The summed E-state index contributed by atoms with van der Waals surface area (Å²) in [6.07, 6.45) is 1.42. The van der Waals surface area contributed by atoms with Gasteiger partial charge in [0.2, 0.25) is 0 Å². The van der Waals surface area contributed by atoms with E-state index in [1.54, 1.807) is 13.8 Å². The number of ether oxygens (including phenoxy) is 1. The number of hydrogen-bond acceptors (Lipinski definition) is 3. The number of carboxylic acid groups (broad SMARTS) is 1. The van der Waals surface area contributed by atoms with Crippen LogP contribution in [0.25, 0.3) is 0 Å². The lowest BCUT2D eigenvalue weighted by molar-refractivity contribution is -0.153. The third-order valence-corrected chi connectivity index (χ3v) is 2.40. The van der Waals surface area contributed by atoms with Gasteiger partial charge in [-0.1, -0.05) is 6.08 Å². The van der Waals surface area contributed by atoms with E-state index < -0.39 is 23.3 Å². The number of hydrogen-bond donors (Lipinski definition) is 1. The van der Waals surface area contributed by atoms with Gasteiger partial charge in [-0.3, -0.25) is 9.59 Å². The fourth-order valence-corrected chi connectivity index (χ4v) is 1.44. The summed E-state index contributed by atoms with van der Waals surface area (Å²) < 4.78 is 4.93. The van der Waals surface area contributed by atoms with Gasteiger partial charge in [-0.25, -0.2) is 0 Å². The summed E-state index contributed by atoms with van der Waals surface area (Å²) in [4.78, 5) is 22.2. The summed E-state index contributed by atoms with van der Waals surface area (Å²) in [6.45, 7) is 6.90. The van der Waals surface area contributed by atoms with E-state index in [0.29, 0.717) is 6.42 Å². The van der Waals surface area contributed by atoms with Gasteiger partial charge in [0.1, 0.15) is 0 Å². The Morgan fingerprint density at radius 1 is 1.64 bits per heavy atom. The number of esters is 1. The van der Waals surface area contributed by atoms with Crippen molar-refractivity contribution in [3.63, 3.8) is 0 Å². The number of carboxylic acids is 1. The molecule has 0 aromatic carbocycles. The van der Waals surface area contributed by atoms with Crippen LogP contribution in [0.3, 0.4) is 0 Å². The van der Waals surface area contributed by atoms with Crippen LogP contribution < -0.4 is 0 Å². The average Bonchev–Trinajstić information content (AvgIpc) is 2.78. The Bertz CT molecular complexity index is 282. The Morgan fingerprint density at radius 2 is 2.21 bits per heavy atom. The van der Waals surface area contributed by atoms with E-state index in [1.807, 2.05) is 0 Å². The Balaban J connectivity index is 2.64. The number of aliphatic carboxylic acids is 1. The zero-order chi connectivity index (χ0) is 10.9. The molecule has 0 amide bonds. The second-order valence-corrected chi connectivity index (χ2v) is 3.79. The summed E-state index contributed by atoms with van der Waals surface area (Å²) in [5, 5.41) is 8.88. The van der Waals surface area contributed by atoms with Gasteiger partial charge in [0, 0.05) is 0 Å². The van der Waals surface area contributed by atoms with Gasteiger partial charge in [-0.15, -0.1) is 6.58 Å². The molecule has 0 saturated heterocycles. The topological polar surface area (TPSA) is 63.6 Å². The minimum Gasteiger partial charge on any atom is -0.481 e. The molecule has 2 atom stereocenters. The number of rotatable bonds is 4. The first-order valence-corrected chi connectivity index (χ1v) is 4.51. The lowest BCUT2D eigenvalue weighted by Crippen LogP contribution is -2.21. The van der Waals surface area contributed by atoms with Gasteiger partial charge >= 0.3 is 11.9 Å². The van der Waals surface area contributed by atoms with Crippen molar-refractivity contribution in [1.82, 2.24) is 0 Å². The molecule has 2 unspecified atom stereocenters. The molecule has 1 N–H and O–H groups in total. The number of carbonyl (C=O) groups is 2. The predicted molar refractivity (Wildman–Crippen MR) is 49.6 cm³/mol. The molecule has 4 nitrogen and oxygen atoms in total.